The van der Waals surface area contributed by atoms with E-state index in [2.05, 4.69) is 5.32 Å². The Bertz CT molecular complexity index is 1360. The van der Waals surface area contributed by atoms with E-state index in [1.165, 1.54) is 18.2 Å². The molecule has 2 atom stereocenters. The number of amides is 2. The van der Waals surface area contributed by atoms with Gasteiger partial charge in [-0.3, -0.25) is 24.5 Å². The van der Waals surface area contributed by atoms with Gasteiger partial charge in [-0.1, -0.05) is 55.7 Å². The lowest BCUT2D eigenvalue weighted by Gasteiger charge is -2.34. The van der Waals surface area contributed by atoms with Crippen LogP contribution in [0.4, 0.5) is 5.69 Å². The number of carbonyl (C=O) groups is 3. The minimum absolute atomic E-state index is 0.0660. The number of nitrogens with zero attached hydrogens (tertiary/aromatic N) is 3. The Morgan fingerprint density at radius 2 is 1.73 bits per heavy atom. The summed E-state index contributed by atoms with van der Waals surface area (Å²) < 4.78 is 28.1. The average molecular weight is 573 g/mol. The monoisotopic (exact) mass is 572 g/mol. The zero-order valence-corrected chi connectivity index (χ0v) is 22.7. The van der Waals surface area contributed by atoms with Crippen LogP contribution in [0.1, 0.15) is 54.4 Å². The molecule has 2 fully saturated rings. The second-order valence-corrected chi connectivity index (χ2v) is 12.1. The molecule has 1 saturated carbocycles. The van der Waals surface area contributed by atoms with E-state index in [0.717, 1.165) is 47.4 Å². The Balaban J connectivity index is 1.67. The highest BCUT2D eigenvalue weighted by Gasteiger charge is 2.47. The number of benzene rings is 2. The summed E-state index contributed by atoms with van der Waals surface area (Å²) in [6.07, 6.45) is 2.36. The van der Waals surface area contributed by atoms with Gasteiger partial charge in [0.2, 0.25) is 10.0 Å². The van der Waals surface area contributed by atoms with E-state index in [-0.39, 0.29) is 36.7 Å². The smallest absolute Gasteiger partial charge is 0.305 e. The van der Waals surface area contributed by atoms with Crippen molar-refractivity contribution in [3.05, 3.63) is 75.8 Å². The number of hydrogen-bond donors (Lipinski definition) is 2. The first-order chi connectivity index (χ1) is 19.1. The third-order valence-corrected chi connectivity index (χ3v) is 9.21. The van der Waals surface area contributed by atoms with Gasteiger partial charge in [0.15, 0.2) is 6.17 Å². The van der Waals surface area contributed by atoms with Gasteiger partial charge < -0.3 is 15.3 Å². The van der Waals surface area contributed by atoms with Gasteiger partial charge in [0.1, 0.15) is 0 Å². The van der Waals surface area contributed by atoms with E-state index in [0.29, 0.717) is 5.56 Å². The van der Waals surface area contributed by atoms with Crippen molar-refractivity contribution in [1.82, 2.24) is 14.5 Å². The average Bonchev–Trinajstić information content (AvgIpc) is 3.39. The van der Waals surface area contributed by atoms with Crippen LogP contribution in [0.2, 0.25) is 0 Å². The number of rotatable bonds is 10. The van der Waals surface area contributed by atoms with Crippen molar-refractivity contribution in [3.63, 3.8) is 0 Å². The predicted octanol–water partition coefficient (Wildman–Crippen LogP) is 2.75. The Morgan fingerprint density at radius 1 is 1.02 bits per heavy atom. The first kappa shape index (κ1) is 29.2. The van der Waals surface area contributed by atoms with Crippen molar-refractivity contribution >= 4 is 33.5 Å². The molecular weight excluding hydrogens is 540 g/mol. The number of carboxylic acids is 1. The Hall–Kier alpha value is -3.84. The molecule has 2 aliphatic rings. The summed E-state index contributed by atoms with van der Waals surface area (Å²) in [5.41, 5.74) is 0.109. The molecule has 2 unspecified atom stereocenters. The third kappa shape index (κ3) is 6.83. The van der Waals surface area contributed by atoms with Gasteiger partial charge in [-0.15, -0.1) is 0 Å². The van der Waals surface area contributed by atoms with Crippen LogP contribution in [0.3, 0.4) is 0 Å². The minimum atomic E-state index is -4.11. The van der Waals surface area contributed by atoms with E-state index in [1.807, 2.05) is 0 Å². The highest BCUT2D eigenvalue weighted by atomic mass is 32.2. The van der Waals surface area contributed by atoms with Gasteiger partial charge in [0.05, 0.1) is 17.1 Å². The lowest BCUT2D eigenvalue weighted by molar-refractivity contribution is -0.384. The standard InChI is InChI=1S/C27H32N4O8S/c32-24(33)17-23(20-10-5-2-6-11-20)28-25(34)26-29(27(35)21-12-7-13-22(16-21)31(36)37)14-15-30(26)40(38,39)18-19-8-3-1-4-9-19/h1,3-4,7-9,12-13,16,20,23,26H,2,5-6,10-11,14-15,17-18H2,(H,28,34)(H,32,33). The quantitative estimate of drug-likeness (QED) is 0.324. The molecule has 13 heteroatoms. The van der Waals surface area contributed by atoms with E-state index < -0.39 is 50.7 Å². The summed E-state index contributed by atoms with van der Waals surface area (Å²) in [6.45, 7) is -0.290. The number of nitro benzene ring substituents is 1. The van der Waals surface area contributed by atoms with Crippen molar-refractivity contribution in [2.45, 2.75) is 56.5 Å². The SMILES string of the molecule is O=C(O)CC(NC(=O)C1N(C(=O)c2cccc([N+](=O)[O-])c2)CCN1S(=O)(=O)Cc1ccccc1)C1CCCCC1. The number of sulfonamides is 1. The minimum Gasteiger partial charge on any atom is -0.481 e. The van der Waals surface area contributed by atoms with Crippen LogP contribution < -0.4 is 5.32 Å². The van der Waals surface area contributed by atoms with Crippen molar-refractivity contribution in [2.24, 2.45) is 5.92 Å². The molecule has 40 heavy (non-hydrogen) atoms. The second kappa shape index (κ2) is 12.6. The number of hydrogen-bond acceptors (Lipinski definition) is 7. The van der Waals surface area contributed by atoms with E-state index >= 15 is 0 Å². The molecule has 2 aromatic rings. The molecule has 2 aromatic carbocycles. The summed E-state index contributed by atoms with van der Waals surface area (Å²) in [5, 5.41) is 23.6. The highest BCUT2D eigenvalue weighted by Crippen LogP contribution is 2.29. The van der Waals surface area contributed by atoms with Crippen LogP contribution in [0.25, 0.3) is 0 Å². The van der Waals surface area contributed by atoms with Gasteiger partial charge in [0.25, 0.3) is 17.5 Å². The molecule has 12 nitrogen and oxygen atoms in total. The molecule has 1 heterocycles. The highest BCUT2D eigenvalue weighted by molar-refractivity contribution is 7.88. The molecule has 2 N–H and O–H groups in total. The lowest BCUT2D eigenvalue weighted by Crippen LogP contribution is -2.57. The van der Waals surface area contributed by atoms with Crippen molar-refractivity contribution in [1.29, 1.82) is 0 Å². The Labute approximate surface area is 232 Å². The number of nitro groups is 1. The largest absolute Gasteiger partial charge is 0.481 e. The van der Waals surface area contributed by atoms with Gasteiger partial charge >= 0.3 is 5.97 Å². The second-order valence-electron chi connectivity index (χ2n) is 10.1. The summed E-state index contributed by atoms with van der Waals surface area (Å²) >= 11 is 0. The molecular formula is C27H32N4O8S. The summed E-state index contributed by atoms with van der Waals surface area (Å²) in [5.74, 6) is -3.14. The van der Waals surface area contributed by atoms with E-state index in [9.17, 15) is 38.0 Å². The number of nitrogens with one attached hydrogen (secondary N) is 1. The maximum Gasteiger partial charge on any atom is 0.305 e. The first-order valence-corrected chi connectivity index (χ1v) is 14.8. The maximum atomic E-state index is 13.8. The van der Waals surface area contributed by atoms with Crippen LogP contribution >= 0.6 is 0 Å². The fraction of sp³-hybridized carbons (Fsp3) is 0.444. The van der Waals surface area contributed by atoms with E-state index in [1.54, 1.807) is 30.3 Å². The summed E-state index contributed by atoms with van der Waals surface area (Å²) in [4.78, 5) is 50.7. The topological polar surface area (TPSA) is 167 Å². The van der Waals surface area contributed by atoms with Crippen molar-refractivity contribution in [3.8, 4) is 0 Å². The van der Waals surface area contributed by atoms with Crippen LogP contribution in [0, 0.1) is 16.0 Å². The number of carboxylic acid groups (broad SMARTS) is 1. The Kier molecular flexibility index (Phi) is 9.15. The first-order valence-electron chi connectivity index (χ1n) is 13.2. The van der Waals surface area contributed by atoms with Crippen molar-refractivity contribution < 1.29 is 32.8 Å². The van der Waals surface area contributed by atoms with Crippen LogP contribution in [0.5, 0.6) is 0 Å². The Morgan fingerprint density at radius 3 is 2.38 bits per heavy atom. The van der Waals surface area contributed by atoms with Gasteiger partial charge in [-0.25, -0.2) is 8.42 Å². The lowest BCUT2D eigenvalue weighted by atomic mass is 9.82. The summed E-state index contributed by atoms with van der Waals surface area (Å²) in [7, 11) is -4.11. The van der Waals surface area contributed by atoms with Gasteiger partial charge in [-0.2, -0.15) is 4.31 Å². The molecule has 0 bridgehead atoms. The van der Waals surface area contributed by atoms with Gasteiger partial charge in [0, 0.05) is 36.8 Å². The van der Waals surface area contributed by atoms with Crippen LogP contribution in [-0.4, -0.2) is 70.7 Å². The summed E-state index contributed by atoms with van der Waals surface area (Å²) in [6, 6.07) is 12.7. The molecule has 0 aromatic heterocycles. The van der Waals surface area contributed by atoms with Gasteiger partial charge in [-0.05, 0) is 30.4 Å². The van der Waals surface area contributed by atoms with Crippen LogP contribution in [0.15, 0.2) is 54.6 Å². The fourth-order valence-corrected chi connectivity index (χ4v) is 7.14. The molecule has 1 aliphatic heterocycles. The fourth-order valence-electron chi connectivity index (χ4n) is 5.49. The predicted molar refractivity (Wildman–Crippen MR) is 144 cm³/mol. The molecule has 214 valence electrons. The number of carbonyl (C=O) groups excluding carboxylic acids is 2. The van der Waals surface area contributed by atoms with Crippen molar-refractivity contribution in [2.75, 3.05) is 13.1 Å². The molecule has 1 saturated heterocycles. The normalized spacial score (nSPS) is 19.2. The number of non-ortho nitro benzene ring substituents is 1. The third-order valence-electron chi connectivity index (χ3n) is 7.42. The molecule has 4 rings (SSSR count). The number of aliphatic carboxylic acids is 1. The zero-order valence-electron chi connectivity index (χ0n) is 21.8. The van der Waals surface area contributed by atoms with E-state index in [4.69, 9.17) is 0 Å². The van der Waals surface area contributed by atoms with Crippen LogP contribution in [-0.2, 0) is 25.4 Å². The molecule has 0 spiro atoms. The molecule has 0 radical (unpaired) electrons. The maximum absolute atomic E-state index is 13.8. The molecule has 1 aliphatic carbocycles. The molecule has 2 amide bonds. The zero-order chi connectivity index (χ0) is 28.9.